The van der Waals surface area contributed by atoms with Crippen LogP contribution < -0.4 is 15.1 Å². The van der Waals surface area contributed by atoms with Gasteiger partial charge in [0.05, 0.1) is 10.7 Å². The highest BCUT2D eigenvalue weighted by atomic mass is 79.9. The number of anilines is 1. The monoisotopic (exact) mass is 437 g/mol. The largest absolute Gasteiger partial charge is 0.483 e. The van der Waals surface area contributed by atoms with E-state index >= 15 is 0 Å². The summed E-state index contributed by atoms with van der Waals surface area (Å²) in [7, 11) is 0. The van der Waals surface area contributed by atoms with Gasteiger partial charge in [0, 0.05) is 23.8 Å². The van der Waals surface area contributed by atoms with Gasteiger partial charge in [0.25, 0.3) is 5.91 Å². The maximum absolute atomic E-state index is 11.8. The quantitative estimate of drug-likeness (QED) is 0.488. The fraction of sp³-hybridized carbons (Fsp3) is 0.263. The molecule has 0 aliphatic rings. The Labute approximate surface area is 167 Å². The van der Waals surface area contributed by atoms with Crippen LogP contribution >= 0.6 is 27.5 Å². The molecule has 2 aromatic carbocycles. The Kier molecular flexibility index (Phi) is 7.94. The molecule has 0 aliphatic heterocycles. The zero-order chi connectivity index (χ0) is 18.9. The molecule has 1 N–H and O–H groups in total. The van der Waals surface area contributed by atoms with Crippen molar-refractivity contribution in [2.24, 2.45) is 5.10 Å². The normalized spacial score (nSPS) is 10.8. The van der Waals surface area contributed by atoms with Gasteiger partial charge in [-0.25, -0.2) is 5.43 Å². The molecule has 0 unspecified atom stereocenters. The zero-order valence-corrected chi connectivity index (χ0v) is 17.0. The third kappa shape index (κ3) is 6.04. The lowest BCUT2D eigenvalue weighted by Crippen LogP contribution is -2.24. The van der Waals surface area contributed by atoms with Crippen molar-refractivity contribution in [3.05, 3.63) is 57.5 Å². The minimum Gasteiger partial charge on any atom is -0.483 e. The molecule has 2 rings (SSSR count). The smallest absolute Gasteiger partial charge is 0.277 e. The number of carbonyl (C=O) groups is 1. The topological polar surface area (TPSA) is 53.9 Å². The summed E-state index contributed by atoms with van der Waals surface area (Å²) < 4.78 is 6.12. The van der Waals surface area contributed by atoms with Crippen molar-refractivity contribution in [1.82, 2.24) is 5.43 Å². The number of carbonyl (C=O) groups excluding carboxylic acids is 1. The van der Waals surface area contributed by atoms with Crippen LogP contribution in [-0.2, 0) is 4.79 Å². The number of ether oxygens (including phenoxy) is 1. The summed E-state index contributed by atoms with van der Waals surface area (Å²) in [4.78, 5) is 14.1. The molecular formula is C19H21BrClN3O2. The number of amides is 1. The lowest BCUT2D eigenvalue weighted by atomic mass is 10.2. The number of hydrogen-bond donors (Lipinski definition) is 1. The van der Waals surface area contributed by atoms with E-state index in [0.717, 1.165) is 24.3 Å². The second-order valence-corrected chi connectivity index (χ2v) is 6.71. The first-order valence-electron chi connectivity index (χ1n) is 8.28. The van der Waals surface area contributed by atoms with Gasteiger partial charge in [-0.2, -0.15) is 5.10 Å². The van der Waals surface area contributed by atoms with Gasteiger partial charge in [-0.15, -0.1) is 0 Å². The van der Waals surface area contributed by atoms with E-state index in [2.05, 4.69) is 45.2 Å². The average Bonchev–Trinajstić information content (AvgIpc) is 2.63. The number of halogens is 2. The molecule has 0 aromatic heterocycles. The Morgan fingerprint density at radius 3 is 2.54 bits per heavy atom. The van der Waals surface area contributed by atoms with E-state index in [1.165, 1.54) is 0 Å². The second-order valence-electron chi connectivity index (χ2n) is 5.42. The van der Waals surface area contributed by atoms with Crippen molar-refractivity contribution in [2.75, 3.05) is 24.6 Å². The van der Waals surface area contributed by atoms with Gasteiger partial charge < -0.3 is 9.64 Å². The molecule has 0 aliphatic carbocycles. The Balaban J connectivity index is 1.83. The second kappa shape index (κ2) is 10.2. The van der Waals surface area contributed by atoms with Gasteiger partial charge in [0.1, 0.15) is 5.75 Å². The minimum absolute atomic E-state index is 0.140. The molecule has 0 atom stereocenters. The fourth-order valence-corrected chi connectivity index (χ4v) is 3.10. The molecule has 138 valence electrons. The predicted octanol–water partition coefficient (Wildman–Crippen LogP) is 4.48. The summed E-state index contributed by atoms with van der Waals surface area (Å²) in [5, 5.41) is 4.54. The molecule has 26 heavy (non-hydrogen) atoms. The van der Waals surface area contributed by atoms with Crippen LogP contribution in [0.2, 0.25) is 5.02 Å². The van der Waals surface area contributed by atoms with Crippen LogP contribution in [0.15, 0.2) is 52.0 Å². The molecule has 0 fully saturated rings. The number of hydrazone groups is 1. The molecule has 7 heteroatoms. The average molecular weight is 439 g/mol. The Bertz CT molecular complexity index is 762. The fourth-order valence-electron chi connectivity index (χ4n) is 2.31. The van der Waals surface area contributed by atoms with Crippen LogP contribution in [0.3, 0.4) is 0 Å². The standard InChI is InChI=1S/C19H21BrClN3O2/c1-3-24(4-2)16-8-5-14(6-9-16)12-22-23-19(25)13-26-18-10-7-15(21)11-17(18)20/h5-12H,3-4,13H2,1-2H3,(H,23,25). The van der Waals surface area contributed by atoms with Crippen LogP contribution in [0.4, 0.5) is 5.69 Å². The van der Waals surface area contributed by atoms with E-state index in [0.29, 0.717) is 15.2 Å². The van der Waals surface area contributed by atoms with E-state index in [-0.39, 0.29) is 12.5 Å². The Morgan fingerprint density at radius 2 is 1.92 bits per heavy atom. The maximum atomic E-state index is 11.8. The van der Waals surface area contributed by atoms with Crippen molar-refractivity contribution >= 4 is 45.3 Å². The van der Waals surface area contributed by atoms with Crippen molar-refractivity contribution < 1.29 is 9.53 Å². The lowest BCUT2D eigenvalue weighted by Gasteiger charge is -2.20. The van der Waals surface area contributed by atoms with E-state index in [1.54, 1.807) is 24.4 Å². The lowest BCUT2D eigenvalue weighted by molar-refractivity contribution is -0.123. The number of rotatable bonds is 8. The molecule has 0 saturated heterocycles. The summed E-state index contributed by atoms with van der Waals surface area (Å²) in [6, 6.07) is 13.1. The summed E-state index contributed by atoms with van der Waals surface area (Å²) in [5.41, 5.74) is 4.52. The van der Waals surface area contributed by atoms with Crippen LogP contribution in [0, 0.1) is 0 Å². The van der Waals surface area contributed by atoms with Gasteiger partial charge >= 0.3 is 0 Å². The highest BCUT2D eigenvalue weighted by molar-refractivity contribution is 9.10. The Hall–Kier alpha value is -2.05. The van der Waals surface area contributed by atoms with Gasteiger partial charge in [0.2, 0.25) is 0 Å². The zero-order valence-electron chi connectivity index (χ0n) is 14.7. The molecule has 0 spiro atoms. The molecule has 0 saturated carbocycles. The molecule has 2 aromatic rings. The molecule has 5 nitrogen and oxygen atoms in total. The highest BCUT2D eigenvalue weighted by Crippen LogP contribution is 2.27. The van der Waals surface area contributed by atoms with Gasteiger partial charge in [0.15, 0.2) is 6.61 Å². The van der Waals surface area contributed by atoms with Crippen molar-refractivity contribution in [3.63, 3.8) is 0 Å². The van der Waals surface area contributed by atoms with E-state index in [9.17, 15) is 4.79 Å². The Morgan fingerprint density at radius 1 is 1.23 bits per heavy atom. The molecule has 0 heterocycles. The van der Waals surface area contributed by atoms with Gasteiger partial charge in [-0.1, -0.05) is 23.7 Å². The van der Waals surface area contributed by atoms with Crippen LogP contribution in [0.5, 0.6) is 5.75 Å². The van der Waals surface area contributed by atoms with Gasteiger partial charge in [-0.05, 0) is 65.7 Å². The van der Waals surface area contributed by atoms with Crippen LogP contribution in [0.25, 0.3) is 0 Å². The van der Waals surface area contributed by atoms with E-state index in [4.69, 9.17) is 16.3 Å². The summed E-state index contributed by atoms with van der Waals surface area (Å²) in [6.45, 7) is 6.03. The summed E-state index contributed by atoms with van der Waals surface area (Å²) in [5.74, 6) is 0.198. The first-order chi connectivity index (χ1) is 12.5. The number of hydrogen-bond acceptors (Lipinski definition) is 4. The minimum atomic E-state index is -0.345. The number of benzene rings is 2. The van der Waals surface area contributed by atoms with Crippen molar-refractivity contribution in [1.29, 1.82) is 0 Å². The number of nitrogens with one attached hydrogen (secondary N) is 1. The first-order valence-corrected chi connectivity index (χ1v) is 9.45. The summed E-state index contributed by atoms with van der Waals surface area (Å²) in [6.07, 6.45) is 1.60. The van der Waals surface area contributed by atoms with E-state index < -0.39 is 0 Å². The maximum Gasteiger partial charge on any atom is 0.277 e. The van der Waals surface area contributed by atoms with Crippen LogP contribution in [-0.4, -0.2) is 31.8 Å². The highest BCUT2D eigenvalue weighted by Gasteiger charge is 2.05. The SMILES string of the molecule is CCN(CC)c1ccc(C=NNC(=O)COc2ccc(Cl)cc2Br)cc1. The van der Waals surface area contributed by atoms with E-state index in [1.807, 2.05) is 24.3 Å². The third-order valence-corrected chi connectivity index (χ3v) is 4.53. The number of nitrogens with zero attached hydrogens (tertiary/aromatic N) is 2. The molecule has 0 bridgehead atoms. The third-order valence-electron chi connectivity index (χ3n) is 3.68. The summed E-state index contributed by atoms with van der Waals surface area (Å²) >= 11 is 9.20. The van der Waals surface area contributed by atoms with Crippen molar-refractivity contribution in [2.45, 2.75) is 13.8 Å². The van der Waals surface area contributed by atoms with Gasteiger partial charge in [-0.3, -0.25) is 4.79 Å². The van der Waals surface area contributed by atoms with Crippen molar-refractivity contribution in [3.8, 4) is 5.75 Å². The molecule has 1 amide bonds. The molecular weight excluding hydrogens is 418 g/mol. The van der Waals surface area contributed by atoms with Crippen LogP contribution in [0.1, 0.15) is 19.4 Å². The molecule has 0 radical (unpaired) electrons. The first kappa shape index (κ1) is 20.3. The predicted molar refractivity (Wildman–Crippen MR) is 110 cm³/mol.